The molecular weight excluding hydrogens is 232 g/mol. The Kier molecular flexibility index (Phi) is 7.04. The molecule has 0 aliphatic rings. The summed E-state index contributed by atoms with van der Waals surface area (Å²) in [4.78, 5) is 0.347. The molecule has 0 bridgehead atoms. The van der Waals surface area contributed by atoms with E-state index in [1.165, 1.54) is 0 Å². The van der Waals surface area contributed by atoms with Gasteiger partial charge in [-0.05, 0) is 12.8 Å². The minimum absolute atomic E-state index is 0.163. The molecule has 0 aromatic rings. The molecule has 0 aromatic heterocycles. The highest BCUT2D eigenvalue weighted by atomic mass is 32.2. The van der Waals surface area contributed by atoms with Crippen molar-refractivity contribution >= 4 is 27.2 Å². The average molecular weight is 252 g/mol. The predicted molar refractivity (Wildman–Crippen MR) is 67.3 cm³/mol. The summed E-state index contributed by atoms with van der Waals surface area (Å²) in [6, 6.07) is -0.163. The van der Waals surface area contributed by atoms with Crippen LogP contribution in [0.1, 0.15) is 39.5 Å². The molecule has 1 atom stereocenters. The van der Waals surface area contributed by atoms with Crippen LogP contribution in [0.4, 0.5) is 0 Å². The van der Waals surface area contributed by atoms with E-state index in [0.717, 1.165) is 6.42 Å². The van der Waals surface area contributed by atoms with Gasteiger partial charge >= 0.3 is 0 Å². The third kappa shape index (κ3) is 7.70. The Morgan fingerprint density at radius 1 is 1.47 bits per heavy atom. The van der Waals surface area contributed by atoms with Crippen molar-refractivity contribution in [3.63, 3.8) is 0 Å². The lowest BCUT2D eigenvalue weighted by Gasteiger charge is -2.16. The number of hydrogen-bond donors (Lipinski definition) is 2. The first-order valence-electron chi connectivity index (χ1n) is 5.19. The van der Waals surface area contributed by atoms with Crippen LogP contribution in [-0.4, -0.2) is 25.2 Å². The van der Waals surface area contributed by atoms with E-state index in [2.05, 4.69) is 4.72 Å². The Balaban J connectivity index is 4.21. The summed E-state index contributed by atoms with van der Waals surface area (Å²) < 4.78 is 25.7. The van der Waals surface area contributed by atoms with Gasteiger partial charge in [0.1, 0.15) is 0 Å². The highest BCUT2D eigenvalue weighted by molar-refractivity contribution is 7.89. The summed E-state index contributed by atoms with van der Waals surface area (Å²) in [5.41, 5.74) is 5.38. The molecule has 0 heterocycles. The smallest absolute Gasteiger partial charge is 0.211 e. The van der Waals surface area contributed by atoms with E-state index in [4.69, 9.17) is 18.0 Å². The number of sulfonamides is 1. The minimum atomic E-state index is -3.17. The molecule has 0 saturated carbocycles. The van der Waals surface area contributed by atoms with Gasteiger partial charge in [0.2, 0.25) is 10.0 Å². The fourth-order valence-corrected chi connectivity index (χ4v) is 2.91. The van der Waals surface area contributed by atoms with E-state index >= 15 is 0 Å². The zero-order chi connectivity index (χ0) is 11.9. The molecule has 0 radical (unpaired) electrons. The Bertz CT molecular complexity index is 288. The van der Waals surface area contributed by atoms with Gasteiger partial charge in [0.05, 0.1) is 10.7 Å². The molecule has 90 valence electrons. The molecular formula is C9H20N2O2S2. The second-order valence-corrected chi connectivity index (χ2v) is 5.96. The van der Waals surface area contributed by atoms with Gasteiger partial charge in [-0.2, -0.15) is 0 Å². The van der Waals surface area contributed by atoms with E-state index in [1.54, 1.807) is 0 Å². The third-order valence-electron chi connectivity index (χ3n) is 2.05. The largest absolute Gasteiger partial charge is 0.393 e. The summed E-state index contributed by atoms with van der Waals surface area (Å²) in [6.07, 6.45) is 2.67. The first kappa shape index (κ1) is 14.8. The first-order chi connectivity index (χ1) is 6.91. The lowest BCUT2D eigenvalue weighted by Crippen LogP contribution is -2.38. The summed E-state index contributed by atoms with van der Waals surface area (Å²) in [7, 11) is -3.17. The van der Waals surface area contributed by atoms with Crippen molar-refractivity contribution in [3.8, 4) is 0 Å². The molecule has 4 nitrogen and oxygen atoms in total. The van der Waals surface area contributed by atoms with Crippen LogP contribution >= 0.6 is 12.2 Å². The maximum atomic E-state index is 11.5. The molecule has 0 aliphatic carbocycles. The molecule has 1 unspecified atom stereocenters. The first-order valence-corrected chi connectivity index (χ1v) is 7.25. The maximum absolute atomic E-state index is 11.5. The monoisotopic (exact) mass is 252 g/mol. The summed E-state index contributed by atoms with van der Waals surface area (Å²) in [5, 5.41) is 0. The molecule has 0 aromatic carbocycles. The fourth-order valence-electron chi connectivity index (χ4n) is 1.16. The van der Waals surface area contributed by atoms with Gasteiger partial charge in [-0.15, -0.1) is 0 Å². The Morgan fingerprint density at radius 3 is 2.47 bits per heavy atom. The summed E-state index contributed by atoms with van der Waals surface area (Å²) in [5.74, 6) is 0.178. The number of thiocarbonyl (C=S) groups is 1. The van der Waals surface area contributed by atoms with Crippen LogP contribution in [0.5, 0.6) is 0 Å². The molecule has 6 heteroatoms. The van der Waals surface area contributed by atoms with E-state index in [-0.39, 0.29) is 11.8 Å². The average Bonchev–Trinajstić information content (AvgIpc) is 2.12. The Hall–Kier alpha value is -0.200. The SMILES string of the molecule is CCCCS(=O)(=O)NC(CC)CC(N)=S. The van der Waals surface area contributed by atoms with E-state index in [1.807, 2.05) is 13.8 Å². The van der Waals surface area contributed by atoms with E-state index in [0.29, 0.717) is 24.3 Å². The van der Waals surface area contributed by atoms with Crippen LogP contribution in [0, 0.1) is 0 Å². The highest BCUT2D eigenvalue weighted by Crippen LogP contribution is 2.02. The van der Waals surface area contributed by atoms with Crippen LogP contribution in [0.15, 0.2) is 0 Å². The number of rotatable bonds is 8. The maximum Gasteiger partial charge on any atom is 0.211 e. The van der Waals surface area contributed by atoms with Crippen molar-refractivity contribution in [2.24, 2.45) is 5.73 Å². The zero-order valence-corrected chi connectivity index (χ0v) is 11.0. The van der Waals surface area contributed by atoms with Gasteiger partial charge < -0.3 is 5.73 Å². The van der Waals surface area contributed by atoms with Gasteiger partial charge in [0, 0.05) is 12.5 Å². The predicted octanol–water partition coefficient (Wildman–Crippen LogP) is 1.16. The quantitative estimate of drug-likeness (QED) is 0.636. The van der Waals surface area contributed by atoms with Gasteiger partial charge in [0.15, 0.2) is 0 Å². The molecule has 0 fully saturated rings. The van der Waals surface area contributed by atoms with Crippen LogP contribution < -0.4 is 10.5 Å². The van der Waals surface area contributed by atoms with Gasteiger partial charge in [-0.3, -0.25) is 0 Å². The van der Waals surface area contributed by atoms with Crippen LogP contribution in [0.3, 0.4) is 0 Å². The van der Waals surface area contributed by atoms with E-state index in [9.17, 15) is 8.42 Å². The lowest BCUT2D eigenvalue weighted by atomic mass is 10.2. The van der Waals surface area contributed by atoms with Crippen LogP contribution in [0.25, 0.3) is 0 Å². The molecule has 3 N–H and O–H groups in total. The van der Waals surface area contributed by atoms with Crippen molar-refractivity contribution in [2.45, 2.75) is 45.6 Å². The van der Waals surface area contributed by atoms with Gasteiger partial charge in [-0.1, -0.05) is 32.5 Å². The molecule has 0 aliphatic heterocycles. The van der Waals surface area contributed by atoms with Gasteiger partial charge in [0.25, 0.3) is 0 Å². The number of hydrogen-bond acceptors (Lipinski definition) is 3. The highest BCUT2D eigenvalue weighted by Gasteiger charge is 2.16. The topological polar surface area (TPSA) is 72.2 Å². The number of nitrogens with two attached hydrogens (primary N) is 1. The van der Waals surface area contributed by atoms with Crippen molar-refractivity contribution in [1.29, 1.82) is 0 Å². The van der Waals surface area contributed by atoms with Crippen LogP contribution in [-0.2, 0) is 10.0 Å². The fraction of sp³-hybridized carbons (Fsp3) is 0.889. The normalized spacial score (nSPS) is 13.7. The summed E-state index contributed by atoms with van der Waals surface area (Å²) >= 11 is 4.76. The second-order valence-electron chi connectivity index (χ2n) is 3.57. The van der Waals surface area contributed by atoms with Crippen molar-refractivity contribution < 1.29 is 8.42 Å². The lowest BCUT2D eigenvalue weighted by molar-refractivity contribution is 0.544. The van der Waals surface area contributed by atoms with Crippen molar-refractivity contribution in [2.75, 3.05) is 5.75 Å². The Morgan fingerprint density at radius 2 is 2.07 bits per heavy atom. The van der Waals surface area contributed by atoms with E-state index < -0.39 is 10.0 Å². The molecule has 0 spiro atoms. The van der Waals surface area contributed by atoms with Gasteiger partial charge in [-0.25, -0.2) is 13.1 Å². The van der Waals surface area contributed by atoms with Crippen molar-refractivity contribution in [3.05, 3.63) is 0 Å². The third-order valence-corrected chi connectivity index (χ3v) is 3.74. The summed E-state index contributed by atoms with van der Waals surface area (Å²) in [6.45, 7) is 3.87. The van der Waals surface area contributed by atoms with Crippen LogP contribution in [0.2, 0.25) is 0 Å². The van der Waals surface area contributed by atoms with Crippen molar-refractivity contribution in [1.82, 2.24) is 4.72 Å². The zero-order valence-electron chi connectivity index (χ0n) is 9.32. The number of unbranched alkanes of at least 4 members (excludes halogenated alkanes) is 1. The molecule has 0 saturated heterocycles. The standard InChI is InChI=1S/C9H20N2O2S2/c1-3-5-6-15(12,13)11-8(4-2)7-9(10)14/h8,11H,3-7H2,1-2H3,(H2,10,14). The minimum Gasteiger partial charge on any atom is -0.393 e. The molecule has 15 heavy (non-hydrogen) atoms. The molecule has 0 amide bonds. The number of nitrogens with one attached hydrogen (secondary N) is 1. The molecule has 0 rings (SSSR count). The Labute approximate surface area is 97.7 Å². The second kappa shape index (κ2) is 7.14.